The van der Waals surface area contributed by atoms with E-state index in [1.165, 1.54) is 5.56 Å². The minimum absolute atomic E-state index is 0.248. The molecule has 1 aromatic rings. The van der Waals surface area contributed by atoms with Gasteiger partial charge in [-0.15, -0.1) is 0 Å². The second kappa shape index (κ2) is 6.28. The molecule has 0 radical (unpaired) electrons. The van der Waals surface area contributed by atoms with Crippen molar-refractivity contribution in [3.8, 4) is 0 Å². The number of hydrogen-bond donors (Lipinski definition) is 0. The van der Waals surface area contributed by atoms with E-state index in [2.05, 4.69) is 17.0 Å². The van der Waals surface area contributed by atoms with Gasteiger partial charge < -0.3 is 4.74 Å². The highest BCUT2D eigenvalue weighted by Crippen LogP contribution is 2.36. The van der Waals surface area contributed by atoms with Crippen LogP contribution in [-0.2, 0) is 25.6 Å². The number of hydrogen-bond acceptors (Lipinski definition) is 5. The first-order chi connectivity index (χ1) is 10.4. The van der Waals surface area contributed by atoms with Crippen LogP contribution >= 0.6 is 0 Å². The van der Waals surface area contributed by atoms with Crippen LogP contribution in [0.1, 0.15) is 24.8 Å². The summed E-state index contributed by atoms with van der Waals surface area (Å²) in [5.41, 5.74) is 1.04. The Bertz CT molecular complexity index is 604. The van der Waals surface area contributed by atoms with Gasteiger partial charge in [0.05, 0.1) is 18.0 Å². The molecule has 2 heterocycles. The van der Waals surface area contributed by atoms with E-state index in [0.717, 1.165) is 32.3 Å². The van der Waals surface area contributed by atoms with Gasteiger partial charge in [-0.2, -0.15) is 8.42 Å². The standard InChI is InChI=1S/C16H23NO4S/c1-22(18,19)21-15-7-10-20-16(11-15)8-9-17(13-16)12-14-5-3-2-4-6-14/h2-6,15H,7-13H2,1H3. The molecule has 3 rings (SSSR count). The van der Waals surface area contributed by atoms with Crippen LogP contribution in [0.4, 0.5) is 0 Å². The Labute approximate surface area is 132 Å². The molecule has 0 amide bonds. The van der Waals surface area contributed by atoms with Crippen LogP contribution in [0.5, 0.6) is 0 Å². The van der Waals surface area contributed by atoms with Crippen LogP contribution in [0.3, 0.4) is 0 Å². The topological polar surface area (TPSA) is 55.8 Å². The molecule has 2 aliphatic heterocycles. The first kappa shape index (κ1) is 15.9. The van der Waals surface area contributed by atoms with Crippen LogP contribution in [0.2, 0.25) is 0 Å². The minimum atomic E-state index is -3.40. The average molecular weight is 325 g/mol. The van der Waals surface area contributed by atoms with Crippen molar-refractivity contribution >= 4 is 10.1 Å². The molecule has 0 aromatic heterocycles. The SMILES string of the molecule is CS(=O)(=O)OC1CCOC2(CCN(Cc3ccccc3)C2)C1. The summed E-state index contributed by atoms with van der Waals surface area (Å²) in [5.74, 6) is 0. The molecule has 2 saturated heterocycles. The zero-order valence-electron chi connectivity index (χ0n) is 12.9. The number of benzene rings is 1. The zero-order chi connectivity index (χ0) is 15.6. The predicted molar refractivity (Wildman–Crippen MR) is 84.0 cm³/mol. The molecule has 1 spiro atoms. The van der Waals surface area contributed by atoms with E-state index in [-0.39, 0.29) is 11.7 Å². The molecule has 0 N–H and O–H groups in total. The third kappa shape index (κ3) is 4.07. The maximum atomic E-state index is 11.3. The molecule has 1 aromatic carbocycles. The fourth-order valence-electron chi connectivity index (χ4n) is 3.50. The van der Waals surface area contributed by atoms with E-state index in [1.54, 1.807) is 0 Å². The fourth-order valence-corrected chi connectivity index (χ4v) is 4.16. The molecule has 0 bridgehead atoms. The molecule has 2 atom stereocenters. The normalized spacial score (nSPS) is 30.0. The highest BCUT2D eigenvalue weighted by atomic mass is 32.2. The Hall–Kier alpha value is -0.950. The van der Waals surface area contributed by atoms with Crippen LogP contribution in [0, 0.1) is 0 Å². The number of likely N-dealkylation sites (tertiary alicyclic amines) is 1. The smallest absolute Gasteiger partial charge is 0.264 e. The van der Waals surface area contributed by atoms with Gasteiger partial charge in [-0.05, 0) is 18.4 Å². The van der Waals surface area contributed by atoms with E-state index in [4.69, 9.17) is 8.92 Å². The van der Waals surface area contributed by atoms with Crippen molar-refractivity contribution in [2.45, 2.75) is 37.5 Å². The third-order valence-electron chi connectivity index (χ3n) is 4.40. The number of nitrogens with zero attached hydrogens (tertiary/aromatic N) is 1. The van der Waals surface area contributed by atoms with Gasteiger partial charge in [0.25, 0.3) is 10.1 Å². The second-order valence-electron chi connectivity index (χ2n) is 6.39. The van der Waals surface area contributed by atoms with E-state index in [9.17, 15) is 8.42 Å². The molecule has 0 aliphatic carbocycles. The highest BCUT2D eigenvalue weighted by Gasteiger charge is 2.44. The van der Waals surface area contributed by atoms with Crippen molar-refractivity contribution in [2.75, 3.05) is 26.0 Å². The summed E-state index contributed by atoms with van der Waals surface area (Å²) in [6, 6.07) is 10.4. The quantitative estimate of drug-likeness (QED) is 0.790. The highest BCUT2D eigenvalue weighted by molar-refractivity contribution is 7.86. The molecule has 122 valence electrons. The average Bonchev–Trinajstić information content (AvgIpc) is 2.80. The van der Waals surface area contributed by atoms with Crippen LogP contribution in [0.25, 0.3) is 0 Å². The van der Waals surface area contributed by atoms with Gasteiger partial charge in [0.2, 0.25) is 0 Å². The van der Waals surface area contributed by atoms with E-state index < -0.39 is 10.1 Å². The predicted octanol–water partition coefficient (Wildman–Crippen LogP) is 1.79. The molecule has 2 aliphatic rings. The Morgan fingerprint density at radius 2 is 2.14 bits per heavy atom. The first-order valence-corrected chi connectivity index (χ1v) is 9.54. The van der Waals surface area contributed by atoms with Crippen molar-refractivity contribution in [3.05, 3.63) is 35.9 Å². The van der Waals surface area contributed by atoms with E-state index >= 15 is 0 Å². The summed E-state index contributed by atoms with van der Waals surface area (Å²) in [6.07, 6.45) is 3.11. The molecule has 6 heteroatoms. The van der Waals surface area contributed by atoms with E-state index in [0.29, 0.717) is 19.4 Å². The number of rotatable bonds is 4. The van der Waals surface area contributed by atoms with Gasteiger partial charge >= 0.3 is 0 Å². The number of ether oxygens (including phenoxy) is 1. The second-order valence-corrected chi connectivity index (χ2v) is 7.99. The lowest BCUT2D eigenvalue weighted by Crippen LogP contribution is -2.45. The summed E-state index contributed by atoms with van der Waals surface area (Å²) in [7, 11) is -3.40. The molecule has 0 saturated carbocycles. The Kier molecular flexibility index (Phi) is 4.54. The van der Waals surface area contributed by atoms with Crippen LogP contribution < -0.4 is 0 Å². The van der Waals surface area contributed by atoms with Gasteiger partial charge in [-0.25, -0.2) is 0 Å². The summed E-state index contributed by atoms with van der Waals surface area (Å²) < 4.78 is 33.9. The summed E-state index contributed by atoms with van der Waals surface area (Å²) in [4.78, 5) is 2.37. The largest absolute Gasteiger partial charge is 0.373 e. The Balaban J connectivity index is 1.60. The van der Waals surface area contributed by atoms with Gasteiger partial charge in [0.15, 0.2) is 0 Å². The van der Waals surface area contributed by atoms with Gasteiger partial charge in [0.1, 0.15) is 0 Å². The van der Waals surface area contributed by atoms with Crippen molar-refractivity contribution in [3.63, 3.8) is 0 Å². The van der Waals surface area contributed by atoms with Crippen molar-refractivity contribution in [1.29, 1.82) is 0 Å². The molecular weight excluding hydrogens is 302 g/mol. The Morgan fingerprint density at radius 1 is 1.36 bits per heavy atom. The van der Waals surface area contributed by atoms with Gasteiger partial charge in [-0.3, -0.25) is 9.08 Å². The maximum Gasteiger partial charge on any atom is 0.264 e. The Morgan fingerprint density at radius 3 is 2.86 bits per heavy atom. The van der Waals surface area contributed by atoms with Crippen molar-refractivity contribution < 1.29 is 17.3 Å². The molecule has 2 unspecified atom stereocenters. The molecule has 5 nitrogen and oxygen atoms in total. The van der Waals surface area contributed by atoms with Crippen LogP contribution in [0.15, 0.2) is 30.3 Å². The summed E-state index contributed by atoms with van der Waals surface area (Å²) >= 11 is 0. The van der Waals surface area contributed by atoms with Crippen molar-refractivity contribution in [1.82, 2.24) is 4.90 Å². The minimum Gasteiger partial charge on any atom is -0.373 e. The lowest BCUT2D eigenvalue weighted by molar-refractivity contribution is -0.103. The fraction of sp³-hybridized carbons (Fsp3) is 0.625. The van der Waals surface area contributed by atoms with Crippen LogP contribution in [-0.4, -0.2) is 51.0 Å². The lowest BCUT2D eigenvalue weighted by Gasteiger charge is -2.37. The monoisotopic (exact) mass is 325 g/mol. The summed E-state index contributed by atoms with van der Waals surface area (Å²) in [5, 5.41) is 0. The zero-order valence-corrected chi connectivity index (χ0v) is 13.7. The maximum absolute atomic E-state index is 11.3. The molecule has 2 fully saturated rings. The van der Waals surface area contributed by atoms with Gasteiger partial charge in [-0.1, -0.05) is 30.3 Å². The summed E-state index contributed by atoms with van der Waals surface area (Å²) in [6.45, 7) is 3.29. The molecular formula is C16H23NO4S. The van der Waals surface area contributed by atoms with E-state index in [1.807, 2.05) is 18.2 Å². The molecule has 22 heavy (non-hydrogen) atoms. The van der Waals surface area contributed by atoms with Crippen molar-refractivity contribution in [2.24, 2.45) is 0 Å². The third-order valence-corrected chi connectivity index (χ3v) is 5.02. The lowest BCUT2D eigenvalue weighted by atomic mass is 9.91. The van der Waals surface area contributed by atoms with Gasteiger partial charge in [0, 0.05) is 32.7 Å². The first-order valence-electron chi connectivity index (χ1n) is 7.73.